The third-order valence-corrected chi connectivity index (χ3v) is 5.29. The molecule has 3 heterocycles. The molecule has 2 aliphatic heterocycles. The van der Waals surface area contributed by atoms with Gasteiger partial charge in [0.2, 0.25) is 5.76 Å². The van der Waals surface area contributed by atoms with Crippen molar-refractivity contribution in [1.29, 1.82) is 0 Å². The van der Waals surface area contributed by atoms with Gasteiger partial charge in [0, 0.05) is 18.2 Å². The number of carboxylic acid groups (broad SMARTS) is 1. The summed E-state index contributed by atoms with van der Waals surface area (Å²) in [6.45, 7) is -0.564. The van der Waals surface area contributed by atoms with Crippen LogP contribution in [0.4, 0.5) is 27.6 Å². The zero-order valence-corrected chi connectivity index (χ0v) is 15.9. The average Bonchev–Trinajstić information content (AvgIpc) is 3.30. The zero-order valence-electron chi connectivity index (χ0n) is 15.9. The van der Waals surface area contributed by atoms with E-state index in [0.717, 1.165) is 6.07 Å². The number of halogens is 5. The molecular weight excluding hydrogens is 433 g/mol. The van der Waals surface area contributed by atoms with Gasteiger partial charge >= 0.3 is 12.1 Å². The minimum atomic E-state index is -4.71. The molecule has 0 saturated carbocycles. The Hall–Kier alpha value is -2.44. The highest BCUT2D eigenvalue weighted by Gasteiger charge is 2.51. The van der Waals surface area contributed by atoms with Gasteiger partial charge in [-0.25, -0.2) is 13.6 Å². The number of furan rings is 1. The molecule has 0 aliphatic carbocycles. The molecule has 2 N–H and O–H groups in total. The van der Waals surface area contributed by atoms with Gasteiger partial charge in [0.15, 0.2) is 5.79 Å². The molecule has 1 aromatic heterocycles. The van der Waals surface area contributed by atoms with E-state index in [1.807, 2.05) is 0 Å². The first-order valence-electron chi connectivity index (χ1n) is 9.39. The summed E-state index contributed by atoms with van der Waals surface area (Å²) >= 11 is 0. The molecule has 1 aromatic carbocycles. The van der Waals surface area contributed by atoms with Crippen LogP contribution < -0.4 is 5.32 Å². The normalized spacial score (nSPS) is 21.6. The Labute approximate surface area is 172 Å². The van der Waals surface area contributed by atoms with Crippen LogP contribution in [0.3, 0.4) is 0 Å². The number of rotatable bonds is 5. The molecule has 31 heavy (non-hydrogen) atoms. The lowest BCUT2D eigenvalue weighted by atomic mass is 9.97. The van der Waals surface area contributed by atoms with Gasteiger partial charge in [-0.1, -0.05) is 0 Å². The maximum absolute atomic E-state index is 14.9. The molecule has 0 amide bonds. The lowest BCUT2D eigenvalue weighted by molar-refractivity contribution is -0.254. The van der Waals surface area contributed by atoms with Gasteiger partial charge in [-0.3, -0.25) is 0 Å². The first kappa shape index (κ1) is 21.8. The smallest absolute Gasteiger partial charge is 0.416 e. The summed E-state index contributed by atoms with van der Waals surface area (Å²) in [7, 11) is 0. The molecule has 1 atom stereocenters. The minimum Gasteiger partial charge on any atom is -0.475 e. The SMILES string of the molecule is O=C(O)c1oc2ccc(C(F)(F)F)cc2c1NCC(F)(F)C1CC2(CCO1)OCCO2. The number of ether oxygens (including phenoxy) is 3. The summed E-state index contributed by atoms with van der Waals surface area (Å²) in [5.41, 5.74) is -1.72. The molecule has 2 aromatic rings. The van der Waals surface area contributed by atoms with Crippen molar-refractivity contribution in [1.82, 2.24) is 0 Å². The highest BCUT2D eigenvalue weighted by atomic mass is 19.4. The van der Waals surface area contributed by atoms with Crippen LogP contribution in [0.2, 0.25) is 0 Å². The van der Waals surface area contributed by atoms with Gasteiger partial charge in [0.25, 0.3) is 5.92 Å². The monoisotopic (exact) mass is 451 g/mol. The van der Waals surface area contributed by atoms with Gasteiger partial charge in [-0.15, -0.1) is 0 Å². The van der Waals surface area contributed by atoms with Gasteiger partial charge in [0.05, 0.1) is 37.6 Å². The van der Waals surface area contributed by atoms with Gasteiger partial charge in [-0.2, -0.15) is 13.2 Å². The van der Waals surface area contributed by atoms with E-state index in [-0.39, 0.29) is 37.2 Å². The Kier molecular flexibility index (Phi) is 5.34. The summed E-state index contributed by atoms with van der Waals surface area (Å²) in [4.78, 5) is 11.5. The molecule has 1 unspecified atom stereocenters. The zero-order chi connectivity index (χ0) is 22.4. The summed E-state index contributed by atoms with van der Waals surface area (Å²) in [5.74, 6) is -7.04. The second-order valence-corrected chi connectivity index (χ2v) is 7.36. The summed E-state index contributed by atoms with van der Waals surface area (Å²) in [6, 6.07) is 2.31. The molecule has 0 bridgehead atoms. The Morgan fingerprint density at radius 2 is 1.87 bits per heavy atom. The largest absolute Gasteiger partial charge is 0.475 e. The number of hydrogen-bond donors (Lipinski definition) is 2. The van der Waals surface area contributed by atoms with E-state index in [9.17, 15) is 31.9 Å². The molecule has 170 valence electrons. The van der Waals surface area contributed by atoms with E-state index < -0.39 is 53.5 Å². The van der Waals surface area contributed by atoms with Crippen molar-refractivity contribution in [2.75, 3.05) is 31.7 Å². The highest BCUT2D eigenvalue weighted by Crippen LogP contribution is 2.40. The Morgan fingerprint density at radius 3 is 2.52 bits per heavy atom. The van der Waals surface area contributed by atoms with Crippen LogP contribution in [0.5, 0.6) is 0 Å². The third-order valence-electron chi connectivity index (χ3n) is 5.29. The first-order chi connectivity index (χ1) is 14.5. The lowest BCUT2D eigenvalue weighted by Crippen LogP contribution is -2.51. The van der Waals surface area contributed by atoms with Crippen molar-refractivity contribution in [3.63, 3.8) is 0 Å². The van der Waals surface area contributed by atoms with Crippen LogP contribution in [-0.2, 0) is 20.4 Å². The van der Waals surface area contributed by atoms with E-state index in [4.69, 9.17) is 18.6 Å². The third kappa shape index (κ3) is 4.19. The minimum absolute atomic E-state index is 0.0236. The maximum Gasteiger partial charge on any atom is 0.416 e. The molecule has 2 saturated heterocycles. The fourth-order valence-corrected chi connectivity index (χ4v) is 3.75. The van der Waals surface area contributed by atoms with Gasteiger partial charge in [0.1, 0.15) is 11.7 Å². The van der Waals surface area contributed by atoms with Crippen LogP contribution >= 0.6 is 0 Å². The number of nitrogens with one attached hydrogen (secondary N) is 1. The van der Waals surface area contributed by atoms with E-state index in [1.54, 1.807) is 0 Å². The summed E-state index contributed by atoms with van der Waals surface area (Å²) < 4.78 is 90.1. The van der Waals surface area contributed by atoms with Crippen LogP contribution in [-0.4, -0.2) is 55.3 Å². The van der Waals surface area contributed by atoms with Crippen molar-refractivity contribution < 1.29 is 50.5 Å². The molecule has 12 heteroatoms. The Morgan fingerprint density at radius 1 is 1.16 bits per heavy atom. The molecule has 1 spiro atoms. The Bertz CT molecular complexity index is 982. The second kappa shape index (κ2) is 7.61. The summed E-state index contributed by atoms with van der Waals surface area (Å²) in [6.07, 6.45) is -6.24. The van der Waals surface area contributed by atoms with Crippen LogP contribution in [0.25, 0.3) is 11.0 Å². The first-order valence-corrected chi connectivity index (χ1v) is 9.39. The van der Waals surface area contributed by atoms with Crippen molar-refractivity contribution >= 4 is 22.6 Å². The molecular formula is C19H18F5NO6. The topological polar surface area (TPSA) is 90.2 Å². The van der Waals surface area contributed by atoms with Crippen LogP contribution in [0, 0.1) is 0 Å². The van der Waals surface area contributed by atoms with Gasteiger partial charge in [-0.05, 0) is 18.2 Å². The van der Waals surface area contributed by atoms with E-state index in [2.05, 4.69) is 5.32 Å². The predicted molar refractivity (Wildman–Crippen MR) is 95.2 cm³/mol. The fourth-order valence-electron chi connectivity index (χ4n) is 3.75. The number of hydrogen-bond acceptors (Lipinski definition) is 6. The number of anilines is 1. The van der Waals surface area contributed by atoms with E-state index in [0.29, 0.717) is 18.6 Å². The lowest BCUT2D eigenvalue weighted by Gasteiger charge is -2.39. The highest BCUT2D eigenvalue weighted by molar-refractivity contribution is 6.03. The van der Waals surface area contributed by atoms with Crippen molar-refractivity contribution in [2.24, 2.45) is 0 Å². The number of fused-ring (bicyclic) bond motifs is 1. The second-order valence-electron chi connectivity index (χ2n) is 7.36. The average molecular weight is 451 g/mol. The van der Waals surface area contributed by atoms with Crippen molar-refractivity contribution in [3.8, 4) is 0 Å². The van der Waals surface area contributed by atoms with Crippen molar-refractivity contribution in [2.45, 2.75) is 36.8 Å². The van der Waals surface area contributed by atoms with Crippen LogP contribution in [0.15, 0.2) is 22.6 Å². The van der Waals surface area contributed by atoms with Crippen LogP contribution in [0.1, 0.15) is 29.0 Å². The predicted octanol–water partition coefficient (Wildman–Crippen LogP) is 4.12. The Balaban J connectivity index is 1.59. The summed E-state index contributed by atoms with van der Waals surface area (Å²) in [5, 5.41) is 11.3. The quantitative estimate of drug-likeness (QED) is 0.661. The number of carbonyl (C=O) groups is 1. The molecule has 2 aliphatic rings. The molecule has 4 rings (SSSR count). The molecule has 0 radical (unpaired) electrons. The van der Waals surface area contributed by atoms with E-state index >= 15 is 0 Å². The number of carboxylic acids is 1. The molecule has 7 nitrogen and oxygen atoms in total. The molecule has 2 fully saturated rings. The van der Waals surface area contributed by atoms with Gasteiger partial charge < -0.3 is 29.1 Å². The number of benzene rings is 1. The standard InChI is InChI=1S/C19H18F5NO6/c20-18(21,13-8-17(3-4-28-13)29-5-6-30-17)9-25-14-11-7-10(19(22,23)24)1-2-12(11)31-15(14)16(26)27/h1-2,7,13,25H,3-6,8-9H2,(H,26,27). The fraction of sp³-hybridized carbons (Fsp3) is 0.526. The number of aromatic carboxylic acids is 1. The maximum atomic E-state index is 14.9. The van der Waals surface area contributed by atoms with E-state index in [1.165, 1.54) is 0 Å². The number of alkyl halides is 5. The van der Waals surface area contributed by atoms with Crippen molar-refractivity contribution in [3.05, 3.63) is 29.5 Å².